The van der Waals surface area contributed by atoms with Gasteiger partial charge >= 0.3 is 5.97 Å². The summed E-state index contributed by atoms with van der Waals surface area (Å²) in [6, 6.07) is 14.6. The van der Waals surface area contributed by atoms with Crippen molar-refractivity contribution < 1.29 is 9.53 Å². The van der Waals surface area contributed by atoms with E-state index in [1.54, 1.807) is 18.2 Å². The lowest BCUT2D eigenvalue weighted by atomic mass is 10.1. The van der Waals surface area contributed by atoms with Gasteiger partial charge in [0.2, 0.25) is 0 Å². The Morgan fingerprint density at radius 2 is 1.89 bits per heavy atom. The van der Waals surface area contributed by atoms with Crippen LogP contribution in [-0.4, -0.2) is 13.1 Å². The number of hydrogen-bond donors (Lipinski definition) is 2. The second-order valence-electron chi connectivity index (χ2n) is 3.79. The zero-order valence-electron chi connectivity index (χ0n) is 10.0. The second kappa shape index (κ2) is 5.23. The summed E-state index contributed by atoms with van der Waals surface area (Å²) in [5, 5.41) is 3.15. The van der Waals surface area contributed by atoms with Gasteiger partial charge in [0.1, 0.15) is 0 Å². The van der Waals surface area contributed by atoms with E-state index in [1.807, 2.05) is 30.3 Å². The summed E-state index contributed by atoms with van der Waals surface area (Å²) < 4.78 is 4.73. The molecule has 0 saturated heterocycles. The quantitative estimate of drug-likeness (QED) is 0.641. The highest BCUT2D eigenvalue weighted by atomic mass is 16.5. The predicted molar refractivity (Wildman–Crippen MR) is 71.9 cm³/mol. The molecular formula is C14H14N2O2. The van der Waals surface area contributed by atoms with E-state index in [2.05, 4.69) is 5.32 Å². The van der Waals surface area contributed by atoms with Gasteiger partial charge in [0.05, 0.1) is 18.4 Å². The maximum Gasteiger partial charge on any atom is 0.339 e. The third-order valence-electron chi connectivity index (χ3n) is 2.50. The van der Waals surface area contributed by atoms with E-state index in [0.717, 1.165) is 5.69 Å². The molecule has 4 nitrogen and oxygen atoms in total. The van der Waals surface area contributed by atoms with Gasteiger partial charge in [0.15, 0.2) is 0 Å². The predicted octanol–water partition coefficient (Wildman–Crippen LogP) is 2.80. The minimum Gasteiger partial charge on any atom is -0.465 e. The fourth-order valence-corrected chi connectivity index (χ4v) is 1.63. The zero-order chi connectivity index (χ0) is 13.0. The van der Waals surface area contributed by atoms with E-state index in [9.17, 15) is 4.79 Å². The topological polar surface area (TPSA) is 64.3 Å². The SMILES string of the molecule is COC(=O)c1ccc(N)cc1Nc1ccccc1. The number of nitrogens with one attached hydrogen (secondary N) is 1. The van der Waals surface area contributed by atoms with Crippen molar-refractivity contribution in [3.8, 4) is 0 Å². The number of carbonyl (C=O) groups excluding carboxylic acids is 1. The summed E-state index contributed by atoms with van der Waals surface area (Å²) in [5.41, 5.74) is 8.28. The summed E-state index contributed by atoms with van der Waals surface area (Å²) in [6.07, 6.45) is 0. The first kappa shape index (κ1) is 12.0. The molecular weight excluding hydrogens is 228 g/mol. The largest absolute Gasteiger partial charge is 0.465 e. The first-order chi connectivity index (χ1) is 8.70. The Labute approximate surface area is 105 Å². The van der Waals surface area contributed by atoms with Crippen LogP contribution in [0.1, 0.15) is 10.4 Å². The van der Waals surface area contributed by atoms with E-state index < -0.39 is 5.97 Å². The van der Waals surface area contributed by atoms with Gasteiger partial charge in [-0.15, -0.1) is 0 Å². The van der Waals surface area contributed by atoms with Gasteiger partial charge in [-0.1, -0.05) is 18.2 Å². The minimum absolute atomic E-state index is 0.395. The standard InChI is InChI=1S/C14H14N2O2/c1-18-14(17)12-8-7-10(15)9-13(12)16-11-5-3-2-4-6-11/h2-9,16H,15H2,1H3. The van der Waals surface area contributed by atoms with Crippen molar-refractivity contribution in [2.45, 2.75) is 0 Å². The number of anilines is 3. The number of nitrogens with two attached hydrogens (primary N) is 1. The van der Waals surface area contributed by atoms with Crippen molar-refractivity contribution in [2.24, 2.45) is 0 Å². The molecule has 2 aromatic rings. The second-order valence-corrected chi connectivity index (χ2v) is 3.79. The molecule has 0 aliphatic carbocycles. The van der Waals surface area contributed by atoms with Gasteiger partial charge in [-0.3, -0.25) is 0 Å². The maximum atomic E-state index is 11.6. The number of nitrogen functional groups attached to an aromatic ring is 1. The van der Waals surface area contributed by atoms with Crippen LogP contribution in [0.4, 0.5) is 17.1 Å². The summed E-state index contributed by atoms with van der Waals surface area (Å²) in [4.78, 5) is 11.6. The highest BCUT2D eigenvalue weighted by Gasteiger charge is 2.11. The van der Waals surface area contributed by atoms with Crippen LogP contribution in [-0.2, 0) is 4.74 Å². The van der Waals surface area contributed by atoms with Crippen molar-refractivity contribution in [2.75, 3.05) is 18.2 Å². The summed E-state index contributed by atoms with van der Waals surface area (Å²) >= 11 is 0. The van der Waals surface area contributed by atoms with Crippen LogP contribution in [0.5, 0.6) is 0 Å². The summed E-state index contributed by atoms with van der Waals surface area (Å²) in [6.45, 7) is 0. The molecule has 92 valence electrons. The first-order valence-corrected chi connectivity index (χ1v) is 5.50. The molecule has 0 amide bonds. The minimum atomic E-state index is -0.395. The number of carbonyl (C=O) groups is 1. The van der Waals surface area contributed by atoms with Crippen molar-refractivity contribution in [3.63, 3.8) is 0 Å². The molecule has 2 aromatic carbocycles. The lowest BCUT2D eigenvalue weighted by Gasteiger charge is -2.11. The zero-order valence-corrected chi connectivity index (χ0v) is 10.0. The van der Waals surface area contributed by atoms with Crippen LogP contribution in [0.25, 0.3) is 0 Å². The average Bonchev–Trinajstić information content (AvgIpc) is 2.39. The van der Waals surface area contributed by atoms with Crippen molar-refractivity contribution in [1.29, 1.82) is 0 Å². The Hall–Kier alpha value is -2.49. The molecule has 2 rings (SSSR count). The highest BCUT2D eigenvalue weighted by molar-refractivity contribution is 5.97. The smallest absolute Gasteiger partial charge is 0.339 e. The molecule has 18 heavy (non-hydrogen) atoms. The van der Waals surface area contributed by atoms with Gasteiger partial charge in [-0.2, -0.15) is 0 Å². The Morgan fingerprint density at radius 3 is 2.56 bits per heavy atom. The van der Waals surface area contributed by atoms with Gasteiger partial charge in [-0.05, 0) is 30.3 Å². The molecule has 3 N–H and O–H groups in total. The Balaban J connectivity index is 2.36. The maximum absolute atomic E-state index is 11.6. The number of esters is 1. The molecule has 0 fully saturated rings. The Bertz CT molecular complexity index is 553. The van der Waals surface area contributed by atoms with Gasteiger partial charge in [0, 0.05) is 11.4 Å². The number of rotatable bonds is 3. The molecule has 0 saturated carbocycles. The van der Waals surface area contributed by atoms with Crippen molar-refractivity contribution in [1.82, 2.24) is 0 Å². The van der Waals surface area contributed by atoms with Crippen LogP contribution in [0, 0.1) is 0 Å². The van der Waals surface area contributed by atoms with Gasteiger partial charge in [-0.25, -0.2) is 4.79 Å². The monoisotopic (exact) mass is 242 g/mol. The van der Waals surface area contributed by atoms with Gasteiger partial charge < -0.3 is 15.8 Å². The molecule has 0 aromatic heterocycles. The number of para-hydroxylation sites is 1. The van der Waals surface area contributed by atoms with E-state index >= 15 is 0 Å². The van der Waals surface area contributed by atoms with E-state index in [1.165, 1.54) is 7.11 Å². The molecule has 0 spiro atoms. The normalized spacial score (nSPS) is 9.83. The van der Waals surface area contributed by atoms with Crippen LogP contribution < -0.4 is 11.1 Å². The third kappa shape index (κ3) is 2.60. The van der Waals surface area contributed by atoms with E-state index in [4.69, 9.17) is 10.5 Å². The molecule has 0 unspecified atom stereocenters. The van der Waals surface area contributed by atoms with E-state index in [0.29, 0.717) is 16.9 Å². The summed E-state index contributed by atoms with van der Waals surface area (Å²) in [7, 11) is 1.35. The van der Waals surface area contributed by atoms with Gasteiger partial charge in [0.25, 0.3) is 0 Å². The average molecular weight is 242 g/mol. The van der Waals surface area contributed by atoms with Crippen molar-refractivity contribution >= 4 is 23.0 Å². The number of benzene rings is 2. The molecule has 0 bridgehead atoms. The number of methoxy groups -OCH3 is 1. The number of ether oxygens (including phenoxy) is 1. The number of hydrogen-bond acceptors (Lipinski definition) is 4. The van der Waals surface area contributed by atoms with Crippen molar-refractivity contribution in [3.05, 3.63) is 54.1 Å². The fourth-order valence-electron chi connectivity index (χ4n) is 1.63. The van der Waals surface area contributed by atoms with Crippen LogP contribution in [0.2, 0.25) is 0 Å². The Morgan fingerprint density at radius 1 is 1.17 bits per heavy atom. The molecule has 0 aliphatic rings. The van der Waals surface area contributed by atoms with Crippen LogP contribution in [0.3, 0.4) is 0 Å². The van der Waals surface area contributed by atoms with Crippen LogP contribution in [0.15, 0.2) is 48.5 Å². The molecule has 0 radical (unpaired) electrons. The first-order valence-electron chi connectivity index (χ1n) is 5.50. The molecule has 0 atom stereocenters. The highest BCUT2D eigenvalue weighted by Crippen LogP contribution is 2.24. The fraction of sp³-hybridized carbons (Fsp3) is 0.0714. The lowest BCUT2D eigenvalue weighted by Crippen LogP contribution is -2.06. The lowest BCUT2D eigenvalue weighted by molar-refractivity contribution is 0.0602. The molecule has 4 heteroatoms. The van der Waals surface area contributed by atoms with Crippen LogP contribution >= 0.6 is 0 Å². The Kier molecular flexibility index (Phi) is 3.48. The van der Waals surface area contributed by atoms with E-state index in [-0.39, 0.29) is 0 Å². The summed E-state index contributed by atoms with van der Waals surface area (Å²) in [5.74, 6) is -0.395. The third-order valence-corrected chi connectivity index (χ3v) is 2.50. The molecule has 0 aliphatic heterocycles. The molecule has 0 heterocycles.